The molecule has 2 heterocycles. The lowest BCUT2D eigenvalue weighted by atomic mass is 9.87. The van der Waals surface area contributed by atoms with Gasteiger partial charge in [-0.15, -0.1) is 0 Å². The second-order valence-electron chi connectivity index (χ2n) is 11.0. The molecule has 5 rings (SSSR count). The Labute approximate surface area is 208 Å². The normalized spacial score (nSPS) is 26.9. The molecule has 2 N–H and O–H groups in total. The van der Waals surface area contributed by atoms with Crippen LogP contribution in [0.25, 0.3) is 0 Å². The first-order chi connectivity index (χ1) is 16.1. The zero-order chi connectivity index (χ0) is 24.1. The van der Waals surface area contributed by atoms with Crippen molar-refractivity contribution in [1.82, 2.24) is 0 Å². The molecule has 0 bridgehead atoms. The van der Waals surface area contributed by atoms with Crippen molar-refractivity contribution in [2.45, 2.75) is 82.1 Å². The summed E-state index contributed by atoms with van der Waals surface area (Å²) in [5.74, 6) is -0.256. The molecule has 0 radical (unpaired) electrons. The molecule has 1 saturated heterocycles. The van der Waals surface area contributed by atoms with E-state index in [1.807, 2.05) is 6.07 Å². The van der Waals surface area contributed by atoms with E-state index >= 15 is 0 Å². The molecule has 0 spiro atoms. The van der Waals surface area contributed by atoms with Crippen LogP contribution in [0, 0.1) is 0 Å². The number of hydrogen-bond donors (Lipinski definition) is 2. The maximum atomic E-state index is 11.7. The lowest BCUT2D eigenvalue weighted by molar-refractivity contribution is -0.285. The number of rotatable bonds is 7. The second kappa shape index (κ2) is 9.23. The number of halogens is 1. The number of aliphatic hydroxyl groups is 2. The van der Waals surface area contributed by atoms with Gasteiger partial charge in [-0.3, -0.25) is 0 Å². The summed E-state index contributed by atoms with van der Waals surface area (Å²) in [6.45, 7) is 7.23. The van der Waals surface area contributed by atoms with Gasteiger partial charge in [0.15, 0.2) is 14.1 Å². The Morgan fingerprint density at radius 3 is 2.59 bits per heavy atom. The molecule has 0 aromatic heterocycles. The molecular weight excluding hydrogens is 468 g/mol. The number of hydrogen-bond acceptors (Lipinski definition) is 5. The fourth-order valence-electron chi connectivity index (χ4n) is 5.10. The summed E-state index contributed by atoms with van der Waals surface area (Å²) in [6, 6.07) is 10.7. The quantitative estimate of drug-likeness (QED) is 0.504. The molecule has 2 aliphatic heterocycles. The standard InChI is InChI=1S/C27H35ClO5Si/c1-34(2,3)32-16-22-14-21(29)15-27(30,33-22)24-13-20(25(28)26-23(24)10-11-31-26)12-17-4-6-18(7-5-17)19-8-9-19/h4-7,13,19,21-22,29-30H,8-12,14-16H2,1-3H3/t21-,22-,27?/m0/s1. The van der Waals surface area contributed by atoms with E-state index in [2.05, 4.69) is 43.9 Å². The lowest BCUT2D eigenvalue weighted by Crippen LogP contribution is -2.47. The summed E-state index contributed by atoms with van der Waals surface area (Å²) in [5, 5.41) is 23.0. The Morgan fingerprint density at radius 1 is 1.18 bits per heavy atom. The first-order valence-corrected chi connectivity index (χ1v) is 16.2. The third kappa shape index (κ3) is 5.22. The van der Waals surface area contributed by atoms with Crippen molar-refractivity contribution in [3.05, 3.63) is 63.2 Å². The van der Waals surface area contributed by atoms with Crippen molar-refractivity contribution in [3.63, 3.8) is 0 Å². The van der Waals surface area contributed by atoms with Crippen LogP contribution >= 0.6 is 11.6 Å². The van der Waals surface area contributed by atoms with Crippen LogP contribution in [0.1, 0.15) is 59.4 Å². The van der Waals surface area contributed by atoms with Crippen molar-refractivity contribution in [1.29, 1.82) is 0 Å². The summed E-state index contributed by atoms with van der Waals surface area (Å²) in [5.41, 5.74) is 4.99. The van der Waals surface area contributed by atoms with Crippen molar-refractivity contribution >= 4 is 19.9 Å². The lowest BCUT2D eigenvalue weighted by Gasteiger charge is -2.41. The molecule has 7 heteroatoms. The van der Waals surface area contributed by atoms with Crippen LogP contribution < -0.4 is 4.74 Å². The van der Waals surface area contributed by atoms with Gasteiger partial charge in [-0.2, -0.15) is 0 Å². The smallest absolute Gasteiger partial charge is 0.195 e. The molecule has 1 saturated carbocycles. The predicted molar refractivity (Wildman–Crippen MR) is 135 cm³/mol. The Balaban J connectivity index is 1.45. The van der Waals surface area contributed by atoms with E-state index in [1.54, 1.807) is 0 Å². The van der Waals surface area contributed by atoms with Crippen LogP contribution in [-0.4, -0.2) is 44.0 Å². The average molecular weight is 503 g/mol. The minimum absolute atomic E-state index is 0.111. The molecular formula is C27H35ClO5Si. The monoisotopic (exact) mass is 502 g/mol. The van der Waals surface area contributed by atoms with E-state index in [9.17, 15) is 10.2 Å². The Bertz CT molecular complexity index is 1050. The highest BCUT2D eigenvalue weighted by atomic mass is 35.5. The molecule has 3 aliphatic rings. The fraction of sp³-hybridized carbons (Fsp3) is 0.556. The van der Waals surface area contributed by atoms with Gasteiger partial charge >= 0.3 is 0 Å². The number of ether oxygens (including phenoxy) is 2. The van der Waals surface area contributed by atoms with Crippen LogP contribution in [0.4, 0.5) is 0 Å². The molecule has 2 aromatic rings. The number of fused-ring (bicyclic) bond motifs is 1. The number of aliphatic hydroxyl groups excluding tert-OH is 1. The Hall–Kier alpha value is -1.41. The molecule has 184 valence electrons. The molecule has 1 aliphatic carbocycles. The Kier molecular flexibility index (Phi) is 6.59. The zero-order valence-electron chi connectivity index (χ0n) is 20.3. The molecule has 2 aromatic carbocycles. The second-order valence-corrected chi connectivity index (χ2v) is 15.9. The maximum absolute atomic E-state index is 11.7. The SMILES string of the molecule is C[Si](C)(C)OC[C@@H]1C[C@H](O)CC(O)(c2cc(Cc3ccc(C4CC4)cc3)c(Cl)c3c2CCO3)O1. The van der Waals surface area contributed by atoms with Gasteiger partial charge in [0.05, 0.1) is 30.4 Å². The highest BCUT2D eigenvalue weighted by Crippen LogP contribution is 2.46. The topological polar surface area (TPSA) is 68.2 Å². The first kappa shape index (κ1) is 24.3. The predicted octanol–water partition coefficient (Wildman–Crippen LogP) is 5.28. The molecule has 3 atom stereocenters. The summed E-state index contributed by atoms with van der Waals surface area (Å²) < 4.78 is 18.2. The van der Waals surface area contributed by atoms with Crippen LogP contribution in [0.5, 0.6) is 5.75 Å². The van der Waals surface area contributed by atoms with Gasteiger partial charge in [-0.1, -0.05) is 35.9 Å². The third-order valence-corrected chi connectivity index (χ3v) is 8.40. The third-order valence-electron chi connectivity index (χ3n) is 6.95. The van der Waals surface area contributed by atoms with E-state index < -0.39 is 20.2 Å². The maximum Gasteiger partial charge on any atom is 0.195 e. The van der Waals surface area contributed by atoms with Gasteiger partial charge in [-0.25, -0.2) is 0 Å². The highest BCUT2D eigenvalue weighted by Gasteiger charge is 2.44. The zero-order valence-corrected chi connectivity index (χ0v) is 22.0. The van der Waals surface area contributed by atoms with Crippen LogP contribution in [0.2, 0.25) is 24.7 Å². The first-order valence-electron chi connectivity index (χ1n) is 12.4. The minimum Gasteiger partial charge on any atom is -0.491 e. The van der Waals surface area contributed by atoms with Crippen LogP contribution in [0.3, 0.4) is 0 Å². The van der Waals surface area contributed by atoms with Gasteiger partial charge in [0.1, 0.15) is 5.75 Å². The van der Waals surface area contributed by atoms with Gasteiger partial charge < -0.3 is 24.1 Å². The molecule has 1 unspecified atom stereocenters. The summed E-state index contributed by atoms with van der Waals surface area (Å²) in [6.07, 6.45) is 3.34. The van der Waals surface area contributed by atoms with E-state index in [-0.39, 0.29) is 12.5 Å². The van der Waals surface area contributed by atoms with Gasteiger partial charge in [0.25, 0.3) is 0 Å². The summed E-state index contributed by atoms with van der Waals surface area (Å²) in [4.78, 5) is 0. The van der Waals surface area contributed by atoms with E-state index in [1.165, 1.54) is 18.4 Å². The van der Waals surface area contributed by atoms with E-state index in [0.29, 0.717) is 48.8 Å². The van der Waals surface area contributed by atoms with Gasteiger partial charge in [0, 0.05) is 30.4 Å². The molecule has 0 amide bonds. The highest BCUT2D eigenvalue weighted by molar-refractivity contribution is 6.69. The molecule has 5 nitrogen and oxygen atoms in total. The summed E-state index contributed by atoms with van der Waals surface area (Å²) >= 11 is 6.80. The Morgan fingerprint density at radius 2 is 1.91 bits per heavy atom. The average Bonchev–Trinajstić information content (AvgIpc) is 3.50. The van der Waals surface area contributed by atoms with Crippen molar-refractivity contribution in [2.75, 3.05) is 13.2 Å². The minimum atomic E-state index is -1.75. The van der Waals surface area contributed by atoms with E-state index in [0.717, 1.165) is 22.6 Å². The fourth-order valence-corrected chi connectivity index (χ4v) is 6.07. The van der Waals surface area contributed by atoms with Crippen molar-refractivity contribution < 1.29 is 24.1 Å². The van der Waals surface area contributed by atoms with Crippen molar-refractivity contribution in [2.24, 2.45) is 0 Å². The van der Waals surface area contributed by atoms with Gasteiger partial charge in [-0.05, 0) is 67.6 Å². The van der Waals surface area contributed by atoms with E-state index in [4.69, 9.17) is 25.5 Å². The van der Waals surface area contributed by atoms with Crippen molar-refractivity contribution in [3.8, 4) is 5.75 Å². The largest absolute Gasteiger partial charge is 0.491 e. The molecule has 2 fully saturated rings. The number of benzene rings is 2. The molecule has 34 heavy (non-hydrogen) atoms. The summed E-state index contributed by atoms with van der Waals surface area (Å²) in [7, 11) is -1.75. The van der Waals surface area contributed by atoms with Crippen LogP contribution in [0.15, 0.2) is 30.3 Å². The van der Waals surface area contributed by atoms with Gasteiger partial charge in [0.2, 0.25) is 0 Å². The van der Waals surface area contributed by atoms with Crippen LogP contribution in [-0.2, 0) is 27.8 Å².